The minimum atomic E-state index is -0.592. The van der Waals surface area contributed by atoms with Crippen LogP contribution in [0, 0.1) is 5.41 Å². The SMILES string of the molecule is CCOC(=O)N1C=Cc2ccccc2[C@H]1C(=N)N. The van der Waals surface area contributed by atoms with Gasteiger partial charge in [-0.3, -0.25) is 10.3 Å². The highest BCUT2D eigenvalue weighted by Gasteiger charge is 2.30. The second-order valence-corrected chi connectivity index (χ2v) is 3.91. The number of fused-ring (bicyclic) bond motifs is 1. The molecule has 0 bridgehead atoms. The summed E-state index contributed by atoms with van der Waals surface area (Å²) >= 11 is 0. The molecule has 3 N–H and O–H groups in total. The van der Waals surface area contributed by atoms with Crippen molar-refractivity contribution >= 4 is 18.0 Å². The number of ether oxygens (including phenoxy) is 1. The molecular formula is C13H15N3O2. The predicted octanol–water partition coefficient (Wildman–Crippen LogP) is 2.11. The van der Waals surface area contributed by atoms with Gasteiger partial charge in [0.25, 0.3) is 0 Å². The highest BCUT2D eigenvalue weighted by atomic mass is 16.6. The number of amidine groups is 1. The van der Waals surface area contributed by atoms with Crippen molar-refractivity contribution in [3.8, 4) is 0 Å². The number of nitrogens with zero attached hydrogens (tertiary/aromatic N) is 1. The first-order valence-electron chi connectivity index (χ1n) is 5.71. The third kappa shape index (κ3) is 2.07. The van der Waals surface area contributed by atoms with Crippen LogP contribution in [-0.4, -0.2) is 23.4 Å². The average molecular weight is 245 g/mol. The first-order chi connectivity index (χ1) is 8.65. The van der Waals surface area contributed by atoms with Gasteiger partial charge in [-0.1, -0.05) is 24.3 Å². The molecule has 1 amide bonds. The van der Waals surface area contributed by atoms with Crippen LogP contribution in [-0.2, 0) is 4.74 Å². The van der Waals surface area contributed by atoms with Gasteiger partial charge < -0.3 is 10.5 Å². The molecule has 0 fully saturated rings. The molecule has 0 saturated heterocycles. The molecule has 2 rings (SSSR count). The highest BCUT2D eigenvalue weighted by Crippen LogP contribution is 2.30. The fourth-order valence-corrected chi connectivity index (χ4v) is 1.99. The second-order valence-electron chi connectivity index (χ2n) is 3.91. The molecule has 94 valence electrons. The van der Waals surface area contributed by atoms with Crippen LogP contribution in [0.3, 0.4) is 0 Å². The number of amides is 1. The number of nitrogens with one attached hydrogen (secondary N) is 1. The summed E-state index contributed by atoms with van der Waals surface area (Å²) in [5, 5.41) is 7.67. The molecule has 1 aromatic carbocycles. The van der Waals surface area contributed by atoms with Gasteiger partial charge in [0.1, 0.15) is 11.9 Å². The van der Waals surface area contributed by atoms with Gasteiger partial charge in [0, 0.05) is 6.20 Å². The lowest BCUT2D eigenvalue weighted by molar-refractivity contribution is 0.117. The number of benzene rings is 1. The monoisotopic (exact) mass is 245 g/mol. The van der Waals surface area contributed by atoms with Crippen LogP contribution >= 0.6 is 0 Å². The number of hydrogen-bond acceptors (Lipinski definition) is 3. The first kappa shape index (κ1) is 12.2. The summed E-state index contributed by atoms with van der Waals surface area (Å²) < 4.78 is 4.96. The van der Waals surface area contributed by atoms with Crippen molar-refractivity contribution in [3.05, 3.63) is 41.6 Å². The topological polar surface area (TPSA) is 79.4 Å². The molecule has 5 nitrogen and oxygen atoms in total. The van der Waals surface area contributed by atoms with Gasteiger partial charge in [-0.25, -0.2) is 4.79 Å². The Labute approximate surface area is 105 Å². The minimum Gasteiger partial charge on any atom is -0.449 e. The van der Waals surface area contributed by atoms with Gasteiger partial charge in [0.15, 0.2) is 0 Å². The van der Waals surface area contributed by atoms with Crippen LogP contribution in [0.1, 0.15) is 24.1 Å². The maximum Gasteiger partial charge on any atom is 0.414 e. The summed E-state index contributed by atoms with van der Waals surface area (Å²) in [6.45, 7) is 2.03. The summed E-state index contributed by atoms with van der Waals surface area (Å²) in [5.74, 6) is -0.0835. The summed E-state index contributed by atoms with van der Waals surface area (Å²) in [6, 6.07) is 6.95. The molecule has 0 spiro atoms. The second kappa shape index (κ2) is 4.91. The van der Waals surface area contributed by atoms with E-state index in [0.717, 1.165) is 11.1 Å². The molecule has 0 saturated carbocycles. The zero-order valence-electron chi connectivity index (χ0n) is 10.1. The van der Waals surface area contributed by atoms with Crippen molar-refractivity contribution in [1.82, 2.24) is 4.90 Å². The Morgan fingerprint density at radius 2 is 2.22 bits per heavy atom. The molecule has 1 aliphatic rings. The molecule has 0 aliphatic carbocycles. The van der Waals surface area contributed by atoms with E-state index in [0.29, 0.717) is 0 Å². The van der Waals surface area contributed by atoms with Crippen LogP contribution in [0.4, 0.5) is 4.79 Å². The largest absolute Gasteiger partial charge is 0.449 e. The molecule has 1 aromatic rings. The van der Waals surface area contributed by atoms with E-state index in [4.69, 9.17) is 15.9 Å². The molecule has 18 heavy (non-hydrogen) atoms. The zero-order valence-corrected chi connectivity index (χ0v) is 10.1. The maximum absolute atomic E-state index is 11.8. The standard InChI is InChI=1S/C13H15N3O2/c1-2-18-13(17)16-8-7-9-5-3-4-6-10(9)11(16)12(14)15/h3-8,11H,2H2,1H3,(H3,14,15)/t11-/m0/s1. The average Bonchev–Trinajstić information content (AvgIpc) is 2.37. The molecule has 1 aliphatic heterocycles. The quantitative estimate of drug-likeness (QED) is 0.618. The van der Waals surface area contributed by atoms with Crippen molar-refractivity contribution in [3.63, 3.8) is 0 Å². The van der Waals surface area contributed by atoms with E-state index in [1.165, 1.54) is 4.90 Å². The lowest BCUT2D eigenvalue weighted by Crippen LogP contribution is -2.40. The summed E-state index contributed by atoms with van der Waals surface area (Å²) in [7, 11) is 0. The Balaban J connectivity index is 2.41. The molecular weight excluding hydrogens is 230 g/mol. The Morgan fingerprint density at radius 3 is 2.89 bits per heavy atom. The Kier molecular flexibility index (Phi) is 3.32. The van der Waals surface area contributed by atoms with E-state index in [1.807, 2.05) is 30.3 Å². The van der Waals surface area contributed by atoms with E-state index in [1.54, 1.807) is 13.1 Å². The maximum atomic E-state index is 11.8. The molecule has 0 aromatic heterocycles. The lowest BCUT2D eigenvalue weighted by Gasteiger charge is -2.31. The van der Waals surface area contributed by atoms with E-state index < -0.39 is 12.1 Å². The smallest absolute Gasteiger partial charge is 0.414 e. The van der Waals surface area contributed by atoms with Crippen molar-refractivity contribution in [2.24, 2.45) is 5.73 Å². The first-order valence-corrected chi connectivity index (χ1v) is 5.71. The van der Waals surface area contributed by atoms with E-state index >= 15 is 0 Å². The minimum absolute atomic E-state index is 0.0835. The van der Waals surface area contributed by atoms with E-state index in [2.05, 4.69) is 0 Å². The predicted molar refractivity (Wildman–Crippen MR) is 69.0 cm³/mol. The fourth-order valence-electron chi connectivity index (χ4n) is 1.99. The number of hydrogen-bond donors (Lipinski definition) is 2. The van der Waals surface area contributed by atoms with Crippen molar-refractivity contribution in [1.29, 1.82) is 5.41 Å². The summed E-state index contributed by atoms with van der Waals surface area (Å²) in [4.78, 5) is 13.2. The number of rotatable bonds is 2. The van der Waals surface area contributed by atoms with Gasteiger partial charge in [0.05, 0.1) is 6.61 Å². The van der Waals surface area contributed by atoms with Crippen molar-refractivity contribution in [2.75, 3.05) is 6.61 Å². The van der Waals surface area contributed by atoms with Gasteiger partial charge in [-0.2, -0.15) is 0 Å². The highest BCUT2D eigenvalue weighted by molar-refractivity contribution is 5.90. The van der Waals surface area contributed by atoms with Crippen LogP contribution in [0.5, 0.6) is 0 Å². The third-order valence-corrected chi connectivity index (χ3v) is 2.76. The number of carbonyl (C=O) groups excluding carboxylic acids is 1. The molecule has 0 radical (unpaired) electrons. The van der Waals surface area contributed by atoms with Crippen LogP contribution in [0.2, 0.25) is 0 Å². The summed E-state index contributed by atoms with van der Waals surface area (Å²) in [6.07, 6.45) is 2.92. The van der Waals surface area contributed by atoms with E-state index in [9.17, 15) is 4.79 Å². The summed E-state index contributed by atoms with van der Waals surface area (Å²) in [5.41, 5.74) is 7.40. The number of carbonyl (C=O) groups is 1. The Hall–Kier alpha value is -2.30. The van der Waals surface area contributed by atoms with Crippen LogP contribution < -0.4 is 5.73 Å². The van der Waals surface area contributed by atoms with Crippen LogP contribution in [0.25, 0.3) is 6.08 Å². The fraction of sp³-hybridized carbons (Fsp3) is 0.231. The van der Waals surface area contributed by atoms with Crippen molar-refractivity contribution < 1.29 is 9.53 Å². The third-order valence-electron chi connectivity index (χ3n) is 2.76. The lowest BCUT2D eigenvalue weighted by atomic mass is 9.96. The van der Waals surface area contributed by atoms with Gasteiger partial charge in [0.2, 0.25) is 0 Å². The van der Waals surface area contributed by atoms with Gasteiger partial charge in [-0.15, -0.1) is 0 Å². The van der Waals surface area contributed by atoms with Gasteiger partial charge >= 0.3 is 6.09 Å². The zero-order chi connectivity index (χ0) is 13.1. The van der Waals surface area contributed by atoms with Crippen molar-refractivity contribution in [2.45, 2.75) is 13.0 Å². The normalized spacial score (nSPS) is 17.2. The Bertz CT molecular complexity index is 511. The Morgan fingerprint density at radius 1 is 1.50 bits per heavy atom. The molecule has 1 heterocycles. The molecule has 0 unspecified atom stereocenters. The molecule has 5 heteroatoms. The van der Waals surface area contributed by atoms with Gasteiger partial charge in [-0.05, 0) is 24.1 Å². The molecule has 1 atom stereocenters. The van der Waals surface area contributed by atoms with E-state index in [-0.39, 0.29) is 12.4 Å². The number of nitrogens with two attached hydrogens (primary N) is 1. The van der Waals surface area contributed by atoms with Crippen LogP contribution in [0.15, 0.2) is 30.5 Å².